The third kappa shape index (κ3) is 4.33. The Bertz CT molecular complexity index is 632. The fourth-order valence-corrected chi connectivity index (χ4v) is 2.91. The molecule has 1 atom stereocenters. The van der Waals surface area contributed by atoms with E-state index in [-0.39, 0.29) is 22.8 Å². The molecule has 6 nitrogen and oxygen atoms in total. The first-order valence-electron chi connectivity index (χ1n) is 6.01. The molecule has 0 fully saturated rings. The Morgan fingerprint density at radius 2 is 2.10 bits per heavy atom. The van der Waals surface area contributed by atoms with Gasteiger partial charge in [-0.2, -0.15) is 9.98 Å². The van der Waals surface area contributed by atoms with Crippen molar-refractivity contribution in [2.24, 2.45) is 5.92 Å². The summed E-state index contributed by atoms with van der Waals surface area (Å²) in [5.41, 5.74) is 0.198. The summed E-state index contributed by atoms with van der Waals surface area (Å²) in [5, 5.41) is 17.8. The van der Waals surface area contributed by atoms with Crippen LogP contribution >= 0.6 is 0 Å². The zero-order valence-corrected chi connectivity index (χ0v) is 12.0. The molecule has 0 bridgehead atoms. The van der Waals surface area contributed by atoms with Crippen LogP contribution in [-0.2, 0) is 14.8 Å². The molecule has 1 rings (SSSR count). The second kappa shape index (κ2) is 6.50. The van der Waals surface area contributed by atoms with Gasteiger partial charge in [0, 0.05) is 0 Å². The van der Waals surface area contributed by atoms with Crippen LogP contribution in [0.3, 0.4) is 0 Å². The zero-order chi connectivity index (χ0) is 15.3. The Labute approximate surface area is 118 Å². The number of hydrogen-bond donors (Lipinski definition) is 2. The lowest BCUT2D eigenvalue weighted by atomic mass is 10.1. The molecule has 0 aliphatic heterocycles. The van der Waals surface area contributed by atoms with E-state index in [0.717, 1.165) is 0 Å². The summed E-state index contributed by atoms with van der Waals surface area (Å²) in [6, 6.07) is 6.08. The summed E-state index contributed by atoms with van der Waals surface area (Å²) in [5.74, 6) is -1.19. The summed E-state index contributed by atoms with van der Waals surface area (Å²) in [4.78, 5) is 11.0. The average molecular weight is 296 g/mol. The SMILES string of the molecule is CC(C)CC(NS(=O)(=O)c1cccc(C#N)c1)C(=O)O. The van der Waals surface area contributed by atoms with Crippen LogP contribution in [-0.4, -0.2) is 25.5 Å². The number of benzene rings is 1. The second-order valence-electron chi connectivity index (χ2n) is 4.78. The molecule has 1 unspecified atom stereocenters. The molecule has 20 heavy (non-hydrogen) atoms. The van der Waals surface area contributed by atoms with E-state index in [1.807, 2.05) is 6.07 Å². The normalized spacial score (nSPS) is 12.9. The van der Waals surface area contributed by atoms with Gasteiger partial charge in [-0.3, -0.25) is 4.79 Å². The lowest BCUT2D eigenvalue weighted by molar-refractivity contribution is -0.139. The third-order valence-corrected chi connectivity index (χ3v) is 4.05. The van der Waals surface area contributed by atoms with Crippen molar-refractivity contribution in [3.63, 3.8) is 0 Å². The predicted molar refractivity (Wildman–Crippen MR) is 72.4 cm³/mol. The Hall–Kier alpha value is -1.91. The minimum atomic E-state index is -3.96. The van der Waals surface area contributed by atoms with E-state index in [2.05, 4.69) is 4.72 Å². The number of nitrogens with zero attached hydrogens (tertiary/aromatic N) is 1. The number of carboxylic acids is 1. The summed E-state index contributed by atoms with van der Waals surface area (Å²) in [6.45, 7) is 3.61. The predicted octanol–water partition coefficient (Wildman–Crippen LogP) is 1.34. The van der Waals surface area contributed by atoms with Gasteiger partial charge < -0.3 is 5.11 Å². The molecule has 7 heteroatoms. The molecule has 0 spiro atoms. The van der Waals surface area contributed by atoms with E-state index >= 15 is 0 Å². The molecule has 2 N–H and O–H groups in total. The molecule has 0 aliphatic carbocycles. The van der Waals surface area contributed by atoms with Gasteiger partial charge in [-0.1, -0.05) is 19.9 Å². The van der Waals surface area contributed by atoms with Crippen LogP contribution < -0.4 is 4.72 Å². The molecule has 0 aliphatic rings. The first-order valence-corrected chi connectivity index (χ1v) is 7.50. The van der Waals surface area contributed by atoms with Crippen LogP contribution in [0.25, 0.3) is 0 Å². The zero-order valence-electron chi connectivity index (χ0n) is 11.2. The Kier molecular flexibility index (Phi) is 5.25. The van der Waals surface area contributed by atoms with Crippen LogP contribution in [0.4, 0.5) is 0 Å². The maximum Gasteiger partial charge on any atom is 0.321 e. The quantitative estimate of drug-likeness (QED) is 0.823. The fraction of sp³-hybridized carbons (Fsp3) is 0.385. The molecule has 0 saturated carbocycles. The minimum absolute atomic E-state index is 0.0317. The number of hydrogen-bond acceptors (Lipinski definition) is 4. The highest BCUT2D eigenvalue weighted by atomic mass is 32.2. The first-order chi connectivity index (χ1) is 9.26. The summed E-state index contributed by atoms with van der Waals surface area (Å²) < 4.78 is 26.4. The van der Waals surface area contributed by atoms with Gasteiger partial charge in [0.25, 0.3) is 0 Å². The summed E-state index contributed by atoms with van der Waals surface area (Å²) in [7, 11) is -3.96. The smallest absolute Gasteiger partial charge is 0.321 e. The van der Waals surface area contributed by atoms with Crippen molar-refractivity contribution in [3.05, 3.63) is 29.8 Å². The van der Waals surface area contributed by atoms with Gasteiger partial charge in [0.05, 0.1) is 16.5 Å². The van der Waals surface area contributed by atoms with E-state index in [0.29, 0.717) is 0 Å². The molecule has 108 valence electrons. The largest absolute Gasteiger partial charge is 0.480 e. The number of rotatable bonds is 6. The van der Waals surface area contributed by atoms with Gasteiger partial charge >= 0.3 is 5.97 Å². The van der Waals surface area contributed by atoms with Crippen molar-refractivity contribution in [1.29, 1.82) is 5.26 Å². The topological polar surface area (TPSA) is 107 Å². The maximum absolute atomic E-state index is 12.1. The Balaban J connectivity index is 3.03. The highest BCUT2D eigenvalue weighted by molar-refractivity contribution is 7.89. The van der Waals surface area contributed by atoms with Crippen LogP contribution in [0, 0.1) is 17.2 Å². The van der Waals surface area contributed by atoms with Crippen molar-refractivity contribution < 1.29 is 18.3 Å². The van der Waals surface area contributed by atoms with Crippen molar-refractivity contribution in [2.45, 2.75) is 31.2 Å². The molecule has 0 radical (unpaired) electrons. The van der Waals surface area contributed by atoms with E-state index in [1.165, 1.54) is 24.3 Å². The number of sulfonamides is 1. The molecule has 1 aromatic carbocycles. The first kappa shape index (κ1) is 16.1. The Morgan fingerprint density at radius 3 is 2.60 bits per heavy atom. The van der Waals surface area contributed by atoms with Crippen molar-refractivity contribution in [1.82, 2.24) is 4.72 Å². The number of nitrogens with one attached hydrogen (secondary N) is 1. The van der Waals surface area contributed by atoms with Crippen molar-refractivity contribution in [3.8, 4) is 6.07 Å². The molecular formula is C13H16N2O4S. The van der Waals surface area contributed by atoms with E-state index in [1.54, 1.807) is 13.8 Å². The van der Waals surface area contributed by atoms with Crippen LogP contribution in [0.5, 0.6) is 0 Å². The lowest BCUT2D eigenvalue weighted by Crippen LogP contribution is -2.41. The highest BCUT2D eigenvalue weighted by Gasteiger charge is 2.26. The average Bonchev–Trinajstić information content (AvgIpc) is 2.37. The molecule has 0 amide bonds. The molecular weight excluding hydrogens is 280 g/mol. The lowest BCUT2D eigenvalue weighted by Gasteiger charge is -2.16. The third-order valence-electron chi connectivity index (χ3n) is 2.58. The van der Waals surface area contributed by atoms with Gasteiger partial charge in [0.1, 0.15) is 6.04 Å². The van der Waals surface area contributed by atoms with Gasteiger partial charge in [0.2, 0.25) is 10.0 Å². The van der Waals surface area contributed by atoms with Gasteiger partial charge in [-0.15, -0.1) is 0 Å². The van der Waals surface area contributed by atoms with E-state index in [9.17, 15) is 13.2 Å². The molecule has 0 aromatic heterocycles. The van der Waals surface area contributed by atoms with Gasteiger partial charge in [-0.25, -0.2) is 8.42 Å². The summed E-state index contributed by atoms with van der Waals surface area (Å²) >= 11 is 0. The second-order valence-corrected chi connectivity index (χ2v) is 6.50. The number of aliphatic carboxylic acids is 1. The number of nitriles is 1. The summed E-state index contributed by atoms with van der Waals surface area (Å²) in [6.07, 6.45) is 0.187. The van der Waals surface area contributed by atoms with E-state index < -0.39 is 22.0 Å². The molecule has 0 saturated heterocycles. The van der Waals surface area contributed by atoms with E-state index in [4.69, 9.17) is 10.4 Å². The Morgan fingerprint density at radius 1 is 1.45 bits per heavy atom. The monoisotopic (exact) mass is 296 g/mol. The molecule has 1 aromatic rings. The highest BCUT2D eigenvalue weighted by Crippen LogP contribution is 2.13. The minimum Gasteiger partial charge on any atom is -0.480 e. The van der Waals surface area contributed by atoms with Crippen molar-refractivity contribution in [2.75, 3.05) is 0 Å². The fourth-order valence-electron chi connectivity index (χ4n) is 1.66. The van der Waals surface area contributed by atoms with Crippen LogP contribution in [0.15, 0.2) is 29.2 Å². The van der Waals surface area contributed by atoms with Gasteiger partial charge in [0.15, 0.2) is 0 Å². The number of carboxylic acid groups (broad SMARTS) is 1. The van der Waals surface area contributed by atoms with Gasteiger partial charge in [-0.05, 0) is 30.5 Å². The van der Waals surface area contributed by atoms with Crippen LogP contribution in [0.2, 0.25) is 0 Å². The molecule has 0 heterocycles. The maximum atomic E-state index is 12.1. The van der Waals surface area contributed by atoms with Crippen LogP contribution in [0.1, 0.15) is 25.8 Å². The van der Waals surface area contributed by atoms with Crippen molar-refractivity contribution >= 4 is 16.0 Å². The number of carbonyl (C=O) groups is 1. The standard InChI is InChI=1S/C13H16N2O4S/c1-9(2)6-12(13(16)17)15-20(18,19)11-5-3-4-10(7-11)8-14/h3-5,7,9,12,15H,6H2,1-2H3,(H,16,17).